The van der Waals surface area contributed by atoms with Gasteiger partial charge in [-0.25, -0.2) is 0 Å². The zero-order valence-electron chi connectivity index (χ0n) is 12.0. The van der Waals surface area contributed by atoms with E-state index in [9.17, 15) is 5.11 Å². The van der Waals surface area contributed by atoms with Crippen LogP contribution < -0.4 is 9.64 Å². The highest BCUT2D eigenvalue weighted by atomic mass is 35.5. The molecule has 0 saturated heterocycles. The molecule has 2 aromatic carbocycles. The molecule has 6 heteroatoms. The highest BCUT2D eigenvalue weighted by Crippen LogP contribution is 2.49. The van der Waals surface area contributed by atoms with Gasteiger partial charge in [0.05, 0.1) is 18.0 Å². The number of fused-ring (bicyclic) bond motifs is 1. The summed E-state index contributed by atoms with van der Waals surface area (Å²) in [6.45, 7) is 0. The van der Waals surface area contributed by atoms with Crippen LogP contribution >= 0.6 is 35.6 Å². The maximum absolute atomic E-state index is 10.2. The zero-order chi connectivity index (χ0) is 15.9. The van der Waals surface area contributed by atoms with Crippen molar-refractivity contribution in [1.29, 1.82) is 0 Å². The van der Waals surface area contributed by atoms with Crippen molar-refractivity contribution in [3.8, 4) is 11.5 Å². The number of phenolic OH excluding ortho intramolecular Hbond substituents is 1. The van der Waals surface area contributed by atoms with E-state index in [-0.39, 0.29) is 11.0 Å². The van der Waals surface area contributed by atoms with Gasteiger partial charge in [-0.2, -0.15) is 0 Å². The first kappa shape index (κ1) is 15.5. The predicted octanol–water partition coefficient (Wildman–Crippen LogP) is 4.66. The van der Waals surface area contributed by atoms with E-state index in [4.69, 9.17) is 28.6 Å². The lowest BCUT2D eigenvalue weighted by Gasteiger charge is -2.34. The van der Waals surface area contributed by atoms with Crippen molar-refractivity contribution in [1.82, 2.24) is 0 Å². The fraction of sp³-hybridized carbons (Fsp3) is 0.188. The fourth-order valence-corrected chi connectivity index (χ4v) is 4.35. The van der Waals surface area contributed by atoms with E-state index in [0.717, 1.165) is 21.1 Å². The number of aromatic hydroxyl groups is 1. The summed E-state index contributed by atoms with van der Waals surface area (Å²) in [6.07, 6.45) is 0. The number of ether oxygens (including phenoxy) is 1. The van der Waals surface area contributed by atoms with Gasteiger partial charge < -0.3 is 14.7 Å². The minimum Gasteiger partial charge on any atom is -0.508 e. The summed E-state index contributed by atoms with van der Waals surface area (Å²) in [5.74, 6) is 0.898. The fourth-order valence-electron chi connectivity index (χ4n) is 2.40. The first-order valence-corrected chi connectivity index (χ1v) is 8.28. The summed E-state index contributed by atoms with van der Waals surface area (Å²) in [5, 5.41) is 10.7. The molecule has 0 saturated carbocycles. The van der Waals surface area contributed by atoms with Crippen LogP contribution in [0.5, 0.6) is 11.5 Å². The molecule has 114 valence electrons. The van der Waals surface area contributed by atoms with Crippen LogP contribution in [0, 0.1) is 0 Å². The number of rotatable bonds is 2. The monoisotopic (exact) mass is 351 g/mol. The van der Waals surface area contributed by atoms with Crippen molar-refractivity contribution in [3.63, 3.8) is 0 Å². The van der Waals surface area contributed by atoms with Crippen molar-refractivity contribution in [2.75, 3.05) is 19.1 Å². The predicted molar refractivity (Wildman–Crippen MR) is 95.7 cm³/mol. The number of benzene rings is 2. The minimum atomic E-state index is -0.166. The third-order valence-electron chi connectivity index (χ3n) is 3.60. The lowest BCUT2D eigenvalue weighted by atomic mass is 10.1. The van der Waals surface area contributed by atoms with E-state index in [0.29, 0.717) is 10.8 Å². The van der Waals surface area contributed by atoms with Crippen LogP contribution in [0.3, 0.4) is 0 Å². The van der Waals surface area contributed by atoms with Crippen LogP contribution in [0.15, 0.2) is 41.3 Å². The Labute approximate surface area is 143 Å². The molecule has 0 fully saturated rings. The number of phenols is 1. The van der Waals surface area contributed by atoms with E-state index in [2.05, 4.69) is 0 Å². The number of halogens is 1. The van der Waals surface area contributed by atoms with E-state index in [1.54, 1.807) is 31.0 Å². The first-order chi connectivity index (χ1) is 10.5. The minimum absolute atomic E-state index is 0.166. The van der Waals surface area contributed by atoms with Crippen LogP contribution in [0.2, 0.25) is 5.02 Å². The third kappa shape index (κ3) is 2.64. The van der Waals surface area contributed by atoms with Crippen LogP contribution in [0.25, 0.3) is 0 Å². The molecule has 1 aliphatic rings. The van der Waals surface area contributed by atoms with E-state index < -0.39 is 0 Å². The average molecular weight is 352 g/mol. The zero-order valence-corrected chi connectivity index (χ0v) is 14.4. The second-order valence-electron chi connectivity index (χ2n) is 4.93. The van der Waals surface area contributed by atoms with Gasteiger partial charge in [0.15, 0.2) is 0 Å². The quantitative estimate of drug-likeness (QED) is 0.795. The number of methoxy groups -OCH3 is 1. The molecule has 2 aromatic rings. The highest BCUT2D eigenvalue weighted by Gasteiger charge is 2.31. The molecule has 0 bridgehead atoms. The molecule has 1 atom stereocenters. The molecule has 0 radical (unpaired) electrons. The molecule has 3 rings (SSSR count). The van der Waals surface area contributed by atoms with E-state index >= 15 is 0 Å². The van der Waals surface area contributed by atoms with Crippen molar-refractivity contribution >= 4 is 46.3 Å². The first-order valence-electron chi connectivity index (χ1n) is 6.62. The largest absolute Gasteiger partial charge is 0.508 e. The summed E-state index contributed by atoms with van der Waals surface area (Å²) in [5.41, 5.74) is 1.77. The maximum atomic E-state index is 10.2. The van der Waals surface area contributed by atoms with Crippen molar-refractivity contribution < 1.29 is 9.84 Å². The molecule has 1 N–H and O–H groups in total. The molecular weight excluding hydrogens is 338 g/mol. The molecule has 1 heterocycles. The van der Waals surface area contributed by atoms with Crippen LogP contribution in [0.1, 0.15) is 10.8 Å². The molecule has 0 aliphatic carbocycles. The Morgan fingerprint density at radius 1 is 1.27 bits per heavy atom. The van der Waals surface area contributed by atoms with Gasteiger partial charge in [0.1, 0.15) is 16.5 Å². The Morgan fingerprint density at radius 3 is 2.77 bits per heavy atom. The van der Waals surface area contributed by atoms with Crippen molar-refractivity contribution in [2.24, 2.45) is 0 Å². The van der Waals surface area contributed by atoms with Gasteiger partial charge in [0.25, 0.3) is 0 Å². The summed E-state index contributed by atoms with van der Waals surface area (Å²) in [4.78, 5) is 3.74. The van der Waals surface area contributed by atoms with E-state index in [1.807, 2.05) is 36.2 Å². The molecule has 22 heavy (non-hydrogen) atoms. The molecule has 0 spiro atoms. The van der Waals surface area contributed by atoms with E-state index in [1.165, 1.54) is 0 Å². The Balaban J connectivity index is 2.07. The number of thiocarbonyl (C=S) groups is 1. The number of hydrogen-bond donors (Lipinski definition) is 1. The number of anilines is 1. The van der Waals surface area contributed by atoms with Gasteiger partial charge in [-0.3, -0.25) is 0 Å². The van der Waals surface area contributed by atoms with Gasteiger partial charge in [0, 0.05) is 22.5 Å². The van der Waals surface area contributed by atoms with Gasteiger partial charge in [-0.05, 0) is 36.4 Å². The van der Waals surface area contributed by atoms with Gasteiger partial charge in [-0.15, -0.1) is 11.8 Å². The Kier molecular flexibility index (Phi) is 4.21. The highest BCUT2D eigenvalue weighted by molar-refractivity contribution is 8.01. The molecular formula is C16H14ClNO2S2. The smallest absolute Gasteiger partial charge is 0.120 e. The van der Waals surface area contributed by atoms with Gasteiger partial charge >= 0.3 is 0 Å². The standard InChI is InChI=1S/C16H14ClNO2S2/c1-18-12-5-3-9(17)7-14(12)22-15(16(18)21)11-8-10(20-2)4-6-13(11)19/h3-8,15,19H,1-2H3. The normalized spacial score (nSPS) is 17.3. The van der Waals surface area contributed by atoms with Crippen LogP contribution in [0.4, 0.5) is 5.69 Å². The third-order valence-corrected chi connectivity index (χ3v) is 5.79. The van der Waals surface area contributed by atoms with Crippen LogP contribution in [-0.4, -0.2) is 24.3 Å². The maximum Gasteiger partial charge on any atom is 0.120 e. The van der Waals surface area contributed by atoms with Crippen molar-refractivity contribution in [3.05, 3.63) is 47.0 Å². The van der Waals surface area contributed by atoms with Gasteiger partial charge in [-0.1, -0.05) is 23.8 Å². The summed E-state index contributed by atoms with van der Waals surface area (Å²) < 4.78 is 5.25. The molecule has 0 amide bonds. The lowest BCUT2D eigenvalue weighted by molar-refractivity contribution is 0.411. The SMILES string of the molecule is COc1ccc(O)c(C2Sc3cc(Cl)ccc3N(C)C2=S)c1. The summed E-state index contributed by atoms with van der Waals surface area (Å²) in [6, 6.07) is 10.9. The second-order valence-corrected chi connectivity index (χ2v) is 6.93. The Bertz CT molecular complexity index is 751. The molecule has 1 unspecified atom stereocenters. The second kappa shape index (κ2) is 5.99. The lowest BCUT2D eigenvalue weighted by Crippen LogP contribution is -2.32. The number of nitrogens with zero attached hydrogens (tertiary/aromatic N) is 1. The number of thioether (sulfide) groups is 1. The van der Waals surface area contributed by atoms with Crippen LogP contribution in [-0.2, 0) is 0 Å². The van der Waals surface area contributed by atoms with Gasteiger partial charge in [0.2, 0.25) is 0 Å². The topological polar surface area (TPSA) is 32.7 Å². The number of hydrogen-bond acceptors (Lipinski definition) is 4. The Morgan fingerprint density at radius 2 is 2.05 bits per heavy atom. The molecule has 3 nitrogen and oxygen atoms in total. The average Bonchev–Trinajstić information content (AvgIpc) is 2.51. The van der Waals surface area contributed by atoms with Crippen molar-refractivity contribution in [2.45, 2.75) is 10.1 Å². The Hall–Kier alpha value is -1.43. The summed E-state index contributed by atoms with van der Waals surface area (Å²) in [7, 11) is 3.53. The molecule has 1 aliphatic heterocycles. The number of likely N-dealkylation sites (N-methyl/N-ethyl adjacent to an activating group) is 1. The summed E-state index contributed by atoms with van der Waals surface area (Å²) >= 11 is 13.3. The molecule has 0 aromatic heterocycles.